The van der Waals surface area contributed by atoms with E-state index in [1.807, 2.05) is 0 Å². The smallest absolute Gasteiger partial charge is 0.416 e. The lowest BCUT2D eigenvalue weighted by Crippen LogP contribution is -2.30. The van der Waals surface area contributed by atoms with Crippen LogP contribution in [0.2, 0.25) is 0 Å². The second-order valence-electron chi connectivity index (χ2n) is 7.02. The zero-order valence-electron chi connectivity index (χ0n) is 15.3. The zero-order chi connectivity index (χ0) is 20.6. The average molecular weight is 401 g/mol. The first-order valence-electron chi connectivity index (χ1n) is 9.05. The molecule has 2 aromatic carbocycles. The van der Waals surface area contributed by atoms with Crippen molar-refractivity contribution < 1.29 is 23.4 Å². The number of nitrogens with zero attached hydrogens (tertiary/aromatic N) is 3. The van der Waals surface area contributed by atoms with Crippen LogP contribution in [-0.2, 0) is 25.7 Å². The number of alkyl halides is 3. The molecule has 8 heteroatoms. The van der Waals surface area contributed by atoms with Crippen molar-refractivity contribution in [2.75, 3.05) is 6.54 Å². The van der Waals surface area contributed by atoms with E-state index in [0.717, 1.165) is 35.5 Å². The van der Waals surface area contributed by atoms with E-state index < -0.39 is 11.7 Å². The van der Waals surface area contributed by atoms with Gasteiger partial charge < -0.3 is 10.2 Å². The van der Waals surface area contributed by atoms with Crippen molar-refractivity contribution in [3.05, 3.63) is 71.0 Å². The molecule has 0 spiro atoms. The van der Waals surface area contributed by atoms with Gasteiger partial charge in [-0.1, -0.05) is 18.2 Å². The minimum absolute atomic E-state index is 0.149. The summed E-state index contributed by atoms with van der Waals surface area (Å²) in [5, 5.41) is 19.1. The van der Waals surface area contributed by atoms with Crippen molar-refractivity contribution in [2.45, 2.75) is 25.7 Å². The predicted octanol–water partition coefficient (Wildman–Crippen LogP) is 4.13. The third-order valence-electron chi connectivity index (χ3n) is 4.93. The molecule has 0 atom stereocenters. The first-order chi connectivity index (χ1) is 13.8. The number of rotatable bonds is 3. The van der Waals surface area contributed by atoms with Gasteiger partial charge in [-0.05, 0) is 29.8 Å². The molecule has 3 aromatic rings. The lowest BCUT2D eigenvalue weighted by molar-refractivity contribution is -0.137. The van der Waals surface area contributed by atoms with Crippen LogP contribution in [-0.4, -0.2) is 31.6 Å². The fourth-order valence-electron chi connectivity index (χ4n) is 3.38. The highest BCUT2D eigenvalue weighted by Crippen LogP contribution is 2.31. The Morgan fingerprint density at radius 1 is 1.00 bits per heavy atom. The van der Waals surface area contributed by atoms with Gasteiger partial charge in [0.15, 0.2) is 17.3 Å². The summed E-state index contributed by atoms with van der Waals surface area (Å²) >= 11 is 0. The van der Waals surface area contributed by atoms with Crippen LogP contribution in [0.3, 0.4) is 0 Å². The SMILES string of the molecule is Oc1ccc(CN2CCc3nc(-c4ccc(C(F)(F)F)cc4)ncc3C2)cc1O. The molecule has 29 heavy (non-hydrogen) atoms. The van der Waals surface area contributed by atoms with Gasteiger partial charge in [0.2, 0.25) is 0 Å². The molecule has 0 amide bonds. The minimum atomic E-state index is -4.37. The number of hydrogen-bond donors (Lipinski definition) is 2. The maximum absolute atomic E-state index is 12.7. The molecule has 1 aromatic heterocycles. The van der Waals surface area contributed by atoms with Crippen LogP contribution in [0.4, 0.5) is 13.2 Å². The van der Waals surface area contributed by atoms with Crippen molar-refractivity contribution in [3.8, 4) is 22.9 Å². The third kappa shape index (κ3) is 4.17. The van der Waals surface area contributed by atoms with E-state index in [-0.39, 0.29) is 11.5 Å². The molecule has 0 unspecified atom stereocenters. The average Bonchev–Trinajstić information content (AvgIpc) is 2.70. The second-order valence-corrected chi connectivity index (χ2v) is 7.02. The molecular weight excluding hydrogens is 383 g/mol. The summed E-state index contributed by atoms with van der Waals surface area (Å²) in [5.74, 6) is 0.112. The predicted molar refractivity (Wildman–Crippen MR) is 100 cm³/mol. The van der Waals surface area contributed by atoms with Crippen LogP contribution in [0.15, 0.2) is 48.7 Å². The molecule has 0 fully saturated rings. The van der Waals surface area contributed by atoms with E-state index in [0.29, 0.717) is 30.9 Å². The van der Waals surface area contributed by atoms with Gasteiger partial charge in [0.25, 0.3) is 0 Å². The Bertz CT molecular complexity index is 1040. The standard InChI is InChI=1S/C21H18F3N3O2/c22-21(23,24)16-4-2-14(3-5-16)20-25-10-15-12-27(8-7-17(15)26-20)11-13-1-6-18(28)19(29)9-13/h1-6,9-10,28-29H,7-8,11-12H2. The van der Waals surface area contributed by atoms with Crippen molar-refractivity contribution in [2.24, 2.45) is 0 Å². The highest BCUT2D eigenvalue weighted by molar-refractivity contribution is 5.56. The monoisotopic (exact) mass is 401 g/mol. The van der Waals surface area contributed by atoms with Crippen LogP contribution >= 0.6 is 0 Å². The van der Waals surface area contributed by atoms with Crippen LogP contribution in [0, 0.1) is 0 Å². The number of fused-ring (bicyclic) bond motifs is 1. The summed E-state index contributed by atoms with van der Waals surface area (Å²) < 4.78 is 38.2. The maximum Gasteiger partial charge on any atom is 0.416 e. The normalized spacial score (nSPS) is 14.6. The maximum atomic E-state index is 12.7. The summed E-state index contributed by atoms with van der Waals surface area (Å²) in [4.78, 5) is 11.1. The van der Waals surface area contributed by atoms with Gasteiger partial charge in [-0.25, -0.2) is 9.97 Å². The molecule has 150 valence electrons. The van der Waals surface area contributed by atoms with Crippen LogP contribution in [0.5, 0.6) is 11.5 Å². The molecule has 5 nitrogen and oxygen atoms in total. The topological polar surface area (TPSA) is 69.5 Å². The van der Waals surface area contributed by atoms with Gasteiger partial charge in [-0.2, -0.15) is 13.2 Å². The number of benzene rings is 2. The number of phenolic OH excluding ortho intramolecular Hbond substituents is 2. The Hall–Kier alpha value is -3.13. The quantitative estimate of drug-likeness (QED) is 0.646. The molecule has 0 saturated carbocycles. The molecule has 4 rings (SSSR count). The van der Waals surface area contributed by atoms with Crippen molar-refractivity contribution >= 4 is 0 Å². The Labute approximate surface area is 165 Å². The fourth-order valence-corrected chi connectivity index (χ4v) is 3.38. The minimum Gasteiger partial charge on any atom is -0.504 e. The fraction of sp³-hybridized carbons (Fsp3) is 0.238. The highest BCUT2D eigenvalue weighted by Gasteiger charge is 2.30. The third-order valence-corrected chi connectivity index (χ3v) is 4.93. The van der Waals surface area contributed by atoms with E-state index in [1.165, 1.54) is 24.3 Å². The van der Waals surface area contributed by atoms with E-state index in [9.17, 15) is 23.4 Å². The number of halogens is 3. The number of phenols is 2. The van der Waals surface area contributed by atoms with Crippen molar-refractivity contribution in [1.82, 2.24) is 14.9 Å². The van der Waals surface area contributed by atoms with E-state index in [2.05, 4.69) is 14.9 Å². The van der Waals surface area contributed by atoms with Gasteiger partial charge in [0.05, 0.1) is 11.3 Å². The summed E-state index contributed by atoms with van der Waals surface area (Å²) in [6.45, 7) is 1.98. The van der Waals surface area contributed by atoms with Crippen LogP contribution in [0.1, 0.15) is 22.4 Å². The lowest BCUT2D eigenvalue weighted by atomic mass is 10.1. The van der Waals surface area contributed by atoms with Crippen molar-refractivity contribution in [1.29, 1.82) is 0 Å². The molecule has 0 bridgehead atoms. The molecular formula is C21H18F3N3O2. The number of aromatic hydroxyl groups is 2. The van der Waals surface area contributed by atoms with E-state index in [1.54, 1.807) is 12.3 Å². The highest BCUT2D eigenvalue weighted by atomic mass is 19.4. The van der Waals surface area contributed by atoms with Crippen LogP contribution < -0.4 is 0 Å². The Kier molecular flexibility index (Phi) is 4.87. The van der Waals surface area contributed by atoms with Gasteiger partial charge in [0, 0.05) is 43.4 Å². The van der Waals surface area contributed by atoms with Gasteiger partial charge in [0.1, 0.15) is 0 Å². The summed E-state index contributed by atoms with van der Waals surface area (Å²) in [6.07, 6.45) is -1.96. The van der Waals surface area contributed by atoms with Gasteiger partial charge in [-0.15, -0.1) is 0 Å². The summed E-state index contributed by atoms with van der Waals surface area (Å²) in [6, 6.07) is 9.60. The number of aromatic nitrogens is 2. The van der Waals surface area contributed by atoms with Gasteiger partial charge in [-0.3, -0.25) is 4.90 Å². The van der Waals surface area contributed by atoms with Crippen molar-refractivity contribution in [3.63, 3.8) is 0 Å². The molecule has 0 saturated heterocycles. The van der Waals surface area contributed by atoms with E-state index >= 15 is 0 Å². The molecule has 2 heterocycles. The number of hydrogen-bond acceptors (Lipinski definition) is 5. The lowest BCUT2D eigenvalue weighted by Gasteiger charge is -2.28. The largest absolute Gasteiger partial charge is 0.504 e. The van der Waals surface area contributed by atoms with Crippen LogP contribution in [0.25, 0.3) is 11.4 Å². The second kappa shape index (κ2) is 7.36. The Morgan fingerprint density at radius 3 is 2.45 bits per heavy atom. The van der Waals surface area contributed by atoms with E-state index in [4.69, 9.17) is 0 Å². The van der Waals surface area contributed by atoms with Gasteiger partial charge >= 0.3 is 6.18 Å². The molecule has 1 aliphatic heterocycles. The summed E-state index contributed by atoms with van der Waals surface area (Å²) in [5.41, 5.74) is 2.58. The first kappa shape index (κ1) is 19.2. The molecule has 0 radical (unpaired) electrons. The Balaban J connectivity index is 1.49. The Morgan fingerprint density at radius 2 is 1.76 bits per heavy atom. The first-order valence-corrected chi connectivity index (χ1v) is 9.05. The zero-order valence-corrected chi connectivity index (χ0v) is 15.3. The molecule has 2 N–H and O–H groups in total. The summed E-state index contributed by atoms with van der Waals surface area (Å²) in [7, 11) is 0. The molecule has 1 aliphatic rings. The molecule has 0 aliphatic carbocycles.